The fourth-order valence-corrected chi connectivity index (χ4v) is 4.69. The van der Waals surface area contributed by atoms with Gasteiger partial charge in [-0.25, -0.2) is 4.79 Å². The molecular formula is C28H25N3O3. The molecule has 0 unspecified atom stereocenters. The Labute approximate surface area is 197 Å². The van der Waals surface area contributed by atoms with Gasteiger partial charge in [0, 0.05) is 29.1 Å². The summed E-state index contributed by atoms with van der Waals surface area (Å²) in [5.74, 6) is -0.178. The number of nitrogens with zero attached hydrogens (tertiary/aromatic N) is 3. The SMILES string of the molecule is CC[C@@H](c1ccccc1)n1cc(-c2ccc(C(=O)O)cc2)c2ncc(-c3c(C)noc3C)cc21. The standard InChI is InChI=1S/C28H25N3O3/c1-4-24(20-8-6-5-7-9-20)31-16-23(19-10-12-21(13-11-19)28(32)33)27-25(31)14-22(15-29-27)26-17(2)30-34-18(26)3/h5-16,24H,4H2,1-3H3,(H,32,33)/t24-/m0/s1. The molecule has 5 aromatic rings. The third-order valence-electron chi connectivity index (χ3n) is 6.34. The summed E-state index contributed by atoms with van der Waals surface area (Å²) in [6.45, 7) is 6.02. The molecule has 0 aliphatic carbocycles. The number of hydrogen-bond donors (Lipinski definition) is 1. The van der Waals surface area contributed by atoms with Crippen LogP contribution in [0.5, 0.6) is 0 Å². The molecule has 0 aliphatic heterocycles. The number of hydrogen-bond acceptors (Lipinski definition) is 4. The van der Waals surface area contributed by atoms with Gasteiger partial charge in [0.25, 0.3) is 0 Å². The van der Waals surface area contributed by atoms with E-state index in [1.165, 1.54) is 5.56 Å². The Hall–Kier alpha value is -4.19. The fourth-order valence-electron chi connectivity index (χ4n) is 4.69. The largest absolute Gasteiger partial charge is 0.478 e. The summed E-state index contributed by atoms with van der Waals surface area (Å²) in [6, 6.07) is 19.7. The van der Waals surface area contributed by atoms with Gasteiger partial charge in [0.2, 0.25) is 0 Å². The van der Waals surface area contributed by atoms with E-state index in [-0.39, 0.29) is 11.6 Å². The Kier molecular flexibility index (Phi) is 5.49. The van der Waals surface area contributed by atoms with E-state index in [2.05, 4.69) is 53.2 Å². The Morgan fingerprint density at radius 3 is 2.41 bits per heavy atom. The topological polar surface area (TPSA) is 81.2 Å². The molecule has 1 N–H and O–H groups in total. The molecule has 6 heteroatoms. The van der Waals surface area contributed by atoms with Gasteiger partial charge >= 0.3 is 5.97 Å². The predicted molar refractivity (Wildman–Crippen MR) is 132 cm³/mol. The van der Waals surface area contributed by atoms with Gasteiger partial charge in [-0.15, -0.1) is 0 Å². The molecule has 0 fully saturated rings. The summed E-state index contributed by atoms with van der Waals surface area (Å²) in [6.07, 6.45) is 4.89. The number of fused-ring (bicyclic) bond motifs is 1. The zero-order chi connectivity index (χ0) is 23.8. The van der Waals surface area contributed by atoms with Crippen molar-refractivity contribution in [3.8, 4) is 22.3 Å². The first-order valence-corrected chi connectivity index (χ1v) is 11.3. The number of aromatic carboxylic acids is 1. The summed E-state index contributed by atoms with van der Waals surface area (Å²) in [7, 11) is 0. The Bertz CT molecular complexity index is 1460. The van der Waals surface area contributed by atoms with Crippen LogP contribution in [-0.2, 0) is 0 Å². The van der Waals surface area contributed by atoms with Crippen LogP contribution in [0.25, 0.3) is 33.3 Å². The van der Waals surface area contributed by atoms with Crippen LogP contribution in [0.2, 0.25) is 0 Å². The van der Waals surface area contributed by atoms with Crippen LogP contribution < -0.4 is 0 Å². The zero-order valence-corrected chi connectivity index (χ0v) is 19.3. The molecule has 3 heterocycles. The summed E-state index contributed by atoms with van der Waals surface area (Å²) in [4.78, 5) is 16.2. The summed E-state index contributed by atoms with van der Waals surface area (Å²) in [5, 5.41) is 13.4. The molecule has 2 aromatic carbocycles. The normalized spacial score (nSPS) is 12.2. The van der Waals surface area contributed by atoms with Crippen molar-refractivity contribution in [1.29, 1.82) is 0 Å². The number of carboxylic acid groups (broad SMARTS) is 1. The van der Waals surface area contributed by atoms with Crippen LogP contribution in [0, 0.1) is 13.8 Å². The van der Waals surface area contributed by atoms with Crippen molar-refractivity contribution < 1.29 is 14.4 Å². The van der Waals surface area contributed by atoms with Gasteiger partial charge in [0.1, 0.15) is 5.76 Å². The molecule has 1 atom stereocenters. The second kappa shape index (κ2) is 8.63. The first kappa shape index (κ1) is 21.6. The monoisotopic (exact) mass is 451 g/mol. The van der Waals surface area contributed by atoms with E-state index in [9.17, 15) is 9.90 Å². The molecule has 5 rings (SSSR count). The van der Waals surface area contributed by atoms with Crippen molar-refractivity contribution >= 4 is 17.0 Å². The van der Waals surface area contributed by atoms with Crippen molar-refractivity contribution in [2.45, 2.75) is 33.2 Å². The highest BCUT2D eigenvalue weighted by Crippen LogP contribution is 2.37. The van der Waals surface area contributed by atoms with Crippen LogP contribution in [0.3, 0.4) is 0 Å². The molecule has 170 valence electrons. The lowest BCUT2D eigenvalue weighted by Gasteiger charge is -2.19. The fraction of sp³-hybridized carbons (Fsp3) is 0.179. The highest BCUT2D eigenvalue weighted by atomic mass is 16.5. The Balaban J connectivity index is 1.74. The number of rotatable bonds is 6. The minimum absolute atomic E-state index is 0.123. The number of aryl methyl sites for hydroxylation is 2. The van der Waals surface area contributed by atoms with E-state index < -0.39 is 5.97 Å². The average Bonchev–Trinajstić information content (AvgIpc) is 3.39. The van der Waals surface area contributed by atoms with Crippen LogP contribution in [0.15, 0.2) is 77.6 Å². The number of benzene rings is 2. The first-order chi connectivity index (χ1) is 16.5. The number of aromatic nitrogens is 3. The van der Waals surface area contributed by atoms with Crippen LogP contribution in [0.4, 0.5) is 0 Å². The van der Waals surface area contributed by atoms with Gasteiger partial charge in [0.05, 0.1) is 28.3 Å². The van der Waals surface area contributed by atoms with E-state index in [1.54, 1.807) is 12.1 Å². The molecule has 0 amide bonds. The van der Waals surface area contributed by atoms with Gasteiger partial charge < -0.3 is 14.2 Å². The third kappa shape index (κ3) is 3.67. The molecule has 34 heavy (non-hydrogen) atoms. The van der Waals surface area contributed by atoms with Crippen LogP contribution in [0.1, 0.15) is 46.8 Å². The van der Waals surface area contributed by atoms with Crippen molar-refractivity contribution in [1.82, 2.24) is 14.7 Å². The van der Waals surface area contributed by atoms with Crippen molar-refractivity contribution in [3.05, 3.63) is 95.6 Å². The summed E-state index contributed by atoms with van der Waals surface area (Å²) < 4.78 is 7.68. The Morgan fingerprint density at radius 2 is 1.79 bits per heavy atom. The molecule has 0 radical (unpaired) electrons. The molecular weight excluding hydrogens is 426 g/mol. The quantitative estimate of drug-likeness (QED) is 0.312. The van der Waals surface area contributed by atoms with Gasteiger partial charge in [-0.3, -0.25) is 4.98 Å². The van der Waals surface area contributed by atoms with Crippen molar-refractivity contribution in [2.24, 2.45) is 0 Å². The van der Waals surface area contributed by atoms with Crippen LogP contribution >= 0.6 is 0 Å². The van der Waals surface area contributed by atoms with Crippen molar-refractivity contribution in [3.63, 3.8) is 0 Å². The predicted octanol–water partition coefficient (Wildman–Crippen LogP) is 6.67. The molecule has 0 spiro atoms. The summed E-state index contributed by atoms with van der Waals surface area (Å²) >= 11 is 0. The first-order valence-electron chi connectivity index (χ1n) is 11.3. The lowest BCUT2D eigenvalue weighted by Crippen LogP contribution is -2.08. The number of pyridine rings is 1. The van der Waals surface area contributed by atoms with Crippen molar-refractivity contribution in [2.75, 3.05) is 0 Å². The maximum Gasteiger partial charge on any atom is 0.335 e. The second-order valence-electron chi connectivity index (χ2n) is 8.46. The number of carboxylic acids is 1. The van der Waals surface area contributed by atoms with Gasteiger partial charge in [-0.2, -0.15) is 0 Å². The maximum atomic E-state index is 11.3. The second-order valence-corrected chi connectivity index (χ2v) is 8.46. The third-order valence-corrected chi connectivity index (χ3v) is 6.34. The zero-order valence-electron chi connectivity index (χ0n) is 19.3. The van der Waals surface area contributed by atoms with Gasteiger partial charge in [0.15, 0.2) is 0 Å². The maximum absolute atomic E-state index is 11.3. The molecule has 0 bridgehead atoms. The van der Waals surface area contributed by atoms with E-state index in [1.807, 2.05) is 38.2 Å². The highest BCUT2D eigenvalue weighted by molar-refractivity contribution is 5.96. The summed E-state index contributed by atoms with van der Waals surface area (Å²) in [5.41, 5.74) is 7.99. The minimum atomic E-state index is -0.939. The van der Waals surface area contributed by atoms with Gasteiger partial charge in [-0.05, 0) is 49.6 Å². The van der Waals surface area contributed by atoms with E-state index >= 15 is 0 Å². The number of carbonyl (C=O) groups is 1. The molecule has 6 nitrogen and oxygen atoms in total. The Morgan fingerprint density at radius 1 is 1.06 bits per heavy atom. The molecule has 0 saturated heterocycles. The highest BCUT2D eigenvalue weighted by Gasteiger charge is 2.21. The smallest absolute Gasteiger partial charge is 0.335 e. The molecule has 3 aromatic heterocycles. The van der Waals surface area contributed by atoms with E-state index in [0.717, 1.165) is 51.2 Å². The van der Waals surface area contributed by atoms with E-state index in [0.29, 0.717) is 0 Å². The average molecular weight is 452 g/mol. The van der Waals surface area contributed by atoms with E-state index in [4.69, 9.17) is 9.51 Å². The molecule has 0 aliphatic rings. The molecule has 0 saturated carbocycles. The van der Waals surface area contributed by atoms with Gasteiger partial charge in [-0.1, -0.05) is 54.5 Å². The minimum Gasteiger partial charge on any atom is -0.478 e. The van der Waals surface area contributed by atoms with Crippen LogP contribution in [-0.4, -0.2) is 25.8 Å². The lowest BCUT2D eigenvalue weighted by molar-refractivity contribution is 0.0697. The lowest BCUT2D eigenvalue weighted by atomic mass is 10.0.